The molecule has 0 aliphatic heterocycles. The van der Waals surface area contributed by atoms with Gasteiger partial charge in [0.2, 0.25) is 0 Å². The Morgan fingerprint density at radius 3 is 2.73 bits per heavy atom. The Labute approximate surface area is 92.4 Å². The first-order valence-electron chi connectivity index (χ1n) is 5.63. The van der Waals surface area contributed by atoms with Crippen LogP contribution in [0, 0.1) is 6.92 Å². The third kappa shape index (κ3) is 3.56. The molecule has 2 N–H and O–H groups in total. The lowest BCUT2D eigenvalue weighted by Crippen LogP contribution is -2.13. The number of benzene rings is 1. The molecule has 0 saturated heterocycles. The van der Waals surface area contributed by atoms with Gasteiger partial charge in [-0.2, -0.15) is 0 Å². The zero-order valence-electron chi connectivity index (χ0n) is 9.92. The van der Waals surface area contributed by atoms with Gasteiger partial charge in [0.25, 0.3) is 0 Å². The van der Waals surface area contributed by atoms with Crippen molar-refractivity contribution in [3.05, 3.63) is 29.3 Å². The van der Waals surface area contributed by atoms with Gasteiger partial charge in [-0.3, -0.25) is 0 Å². The van der Waals surface area contributed by atoms with Crippen molar-refractivity contribution in [1.29, 1.82) is 0 Å². The average molecular weight is 207 g/mol. The summed E-state index contributed by atoms with van der Waals surface area (Å²) in [5.74, 6) is 0.934. The highest BCUT2D eigenvalue weighted by Gasteiger charge is 2.06. The quantitative estimate of drug-likeness (QED) is 0.805. The molecule has 0 radical (unpaired) electrons. The van der Waals surface area contributed by atoms with Crippen LogP contribution in [0.15, 0.2) is 18.2 Å². The lowest BCUT2D eigenvalue weighted by atomic mass is 10.1. The molecule has 0 aromatic heterocycles. The Bertz CT molecular complexity index is 309. The maximum atomic E-state index is 5.85. The van der Waals surface area contributed by atoms with E-state index in [1.54, 1.807) is 0 Å². The van der Waals surface area contributed by atoms with Gasteiger partial charge in [-0.25, -0.2) is 0 Å². The zero-order valence-corrected chi connectivity index (χ0v) is 9.92. The van der Waals surface area contributed by atoms with Crippen molar-refractivity contribution in [1.82, 2.24) is 0 Å². The van der Waals surface area contributed by atoms with Crippen LogP contribution in [0.25, 0.3) is 0 Å². The predicted octanol–water partition coefficient (Wildman–Crippen LogP) is 3.02. The standard InChI is InChI=1S/C13H21NO/c1-4-5-11(3)15-13-7-6-10(2)8-12(13)9-14/h6-8,11H,4-5,9,14H2,1-3H3. The van der Waals surface area contributed by atoms with Crippen LogP contribution in [0.5, 0.6) is 5.75 Å². The number of hydrogen-bond donors (Lipinski definition) is 1. The molecule has 0 heterocycles. The molecule has 1 atom stereocenters. The number of aryl methyl sites for hydroxylation is 1. The number of ether oxygens (including phenoxy) is 1. The Kier molecular flexibility index (Phi) is 4.63. The summed E-state index contributed by atoms with van der Waals surface area (Å²) in [5, 5.41) is 0. The first-order valence-corrected chi connectivity index (χ1v) is 5.63. The predicted molar refractivity (Wildman–Crippen MR) is 64.1 cm³/mol. The molecule has 0 aliphatic rings. The second kappa shape index (κ2) is 5.76. The van der Waals surface area contributed by atoms with Crippen LogP contribution in [-0.2, 0) is 6.54 Å². The summed E-state index contributed by atoms with van der Waals surface area (Å²) in [4.78, 5) is 0. The van der Waals surface area contributed by atoms with Gasteiger partial charge >= 0.3 is 0 Å². The second-order valence-corrected chi connectivity index (χ2v) is 4.03. The van der Waals surface area contributed by atoms with E-state index in [1.165, 1.54) is 5.56 Å². The second-order valence-electron chi connectivity index (χ2n) is 4.03. The highest BCUT2D eigenvalue weighted by Crippen LogP contribution is 2.21. The summed E-state index contributed by atoms with van der Waals surface area (Å²) in [6.45, 7) is 6.87. The number of nitrogens with two attached hydrogens (primary N) is 1. The largest absolute Gasteiger partial charge is 0.490 e. The molecule has 0 bridgehead atoms. The smallest absolute Gasteiger partial charge is 0.124 e. The van der Waals surface area contributed by atoms with Crippen molar-refractivity contribution < 1.29 is 4.74 Å². The number of rotatable bonds is 5. The van der Waals surface area contributed by atoms with Crippen molar-refractivity contribution in [2.75, 3.05) is 0 Å². The monoisotopic (exact) mass is 207 g/mol. The van der Waals surface area contributed by atoms with Gasteiger partial charge in [0.15, 0.2) is 0 Å². The van der Waals surface area contributed by atoms with Crippen LogP contribution in [0.4, 0.5) is 0 Å². The first-order chi connectivity index (χ1) is 7.17. The van der Waals surface area contributed by atoms with E-state index in [-0.39, 0.29) is 6.10 Å². The molecule has 0 saturated carbocycles. The third-order valence-electron chi connectivity index (χ3n) is 2.46. The van der Waals surface area contributed by atoms with E-state index in [4.69, 9.17) is 10.5 Å². The highest BCUT2D eigenvalue weighted by molar-refractivity contribution is 5.36. The van der Waals surface area contributed by atoms with E-state index in [2.05, 4.69) is 32.9 Å². The molecule has 1 aromatic rings. The molecule has 0 amide bonds. The van der Waals surface area contributed by atoms with E-state index < -0.39 is 0 Å². The summed E-state index contributed by atoms with van der Waals surface area (Å²) >= 11 is 0. The van der Waals surface area contributed by atoms with Crippen LogP contribution < -0.4 is 10.5 Å². The Morgan fingerprint density at radius 2 is 2.13 bits per heavy atom. The maximum absolute atomic E-state index is 5.85. The fourth-order valence-electron chi connectivity index (χ4n) is 1.66. The van der Waals surface area contributed by atoms with Crippen LogP contribution in [0.2, 0.25) is 0 Å². The van der Waals surface area contributed by atoms with Crippen molar-refractivity contribution >= 4 is 0 Å². The first kappa shape index (κ1) is 12.1. The summed E-state index contributed by atoms with van der Waals surface area (Å²) in [7, 11) is 0. The van der Waals surface area contributed by atoms with Gasteiger partial charge in [-0.15, -0.1) is 0 Å². The van der Waals surface area contributed by atoms with Crippen molar-refractivity contribution in [3.8, 4) is 5.75 Å². The molecule has 1 aromatic carbocycles. The van der Waals surface area contributed by atoms with Gasteiger partial charge in [-0.1, -0.05) is 31.0 Å². The SMILES string of the molecule is CCCC(C)Oc1ccc(C)cc1CN. The van der Waals surface area contributed by atoms with Crippen molar-refractivity contribution in [2.45, 2.75) is 46.3 Å². The molecular formula is C13H21NO. The molecule has 0 spiro atoms. The van der Waals surface area contributed by atoms with E-state index in [1.807, 2.05) is 6.07 Å². The summed E-state index contributed by atoms with van der Waals surface area (Å²) in [6, 6.07) is 6.17. The fraction of sp³-hybridized carbons (Fsp3) is 0.538. The van der Waals surface area contributed by atoms with Gasteiger partial charge in [0.1, 0.15) is 5.75 Å². The van der Waals surface area contributed by atoms with E-state index >= 15 is 0 Å². The van der Waals surface area contributed by atoms with E-state index in [0.29, 0.717) is 6.54 Å². The number of hydrogen-bond acceptors (Lipinski definition) is 2. The van der Waals surface area contributed by atoms with E-state index in [0.717, 1.165) is 24.2 Å². The molecule has 2 nitrogen and oxygen atoms in total. The average Bonchev–Trinajstić information content (AvgIpc) is 2.21. The topological polar surface area (TPSA) is 35.2 Å². The van der Waals surface area contributed by atoms with Gasteiger partial charge < -0.3 is 10.5 Å². The summed E-state index contributed by atoms with van der Waals surface area (Å²) in [6.07, 6.45) is 2.49. The Balaban J connectivity index is 2.75. The highest BCUT2D eigenvalue weighted by atomic mass is 16.5. The Morgan fingerprint density at radius 1 is 1.40 bits per heavy atom. The van der Waals surface area contributed by atoms with E-state index in [9.17, 15) is 0 Å². The van der Waals surface area contributed by atoms with Gasteiger partial charge in [0.05, 0.1) is 6.10 Å². The molecule has 0 fully saturated rings. The van der Waals surface area contributed by atoms with Crippen LogP contribution in [0.3, 0.4) is 0 Å². The maximum Gasteiger partial charge on any atom is 0.124 e. The molecule has 1 rings (SSSR count). The van der Waals surface area contributed by atoms with Crippen molar-refractivity contribution in [3.63, 3.8) is 0 Å². The van der Waals surface area contributed by atoms with Gasteiger partial charge in [-0.05, 0) is 26.3 Å². The minimum atomic E-state index is 0.267. The van der Waals surface area contributed by atoms with Crippen LogP contribution in [0.1, 0.15) is 37.8 Å². The minimum Gasteiger partial charge on any atom is -0.490 e. The summed E-state index contributed by atoms with van der Waals surface area (Å²) in [5.41, 5.74) is 8.01. The van der Waals surface area contributed by atoms with Crippen LogP contribution in [-0.4, -0.2) is 6.10 Å². The van der Waals surface area contributed by atoms with Crippen molar-refractivity contribution in [2.24, 2.45) is 5.73 Å². The molecular weight excluding hydrogens is 186 g/mol. The molecule has 0 aliphatic carbocycles. The molecule has 84 valence electrons. The minimum absolute atomic E-state index is 0.267. The lowest BCUT2D eigenvalue weighted by Gasteiger charge is -2.16. The van der Waals surface area contributed by atoms with Gasteiger partial charge in [0, 0.05) is 12.1 Å². The summed E-state index contributed by atoms with van der Waals surface area (Å²) < 4.78 is 5.85. The van der Waals surface area contributed by atoms with Crippen LogP contribution >= 0.6 is 0 Å². The molecule has 2 heteroatoms. The molecule has 1 unspecified atom stereocenters. The third-order valence-corrected chi connectivity index (χ3v) is 2.46. The lowest BCUT2D eigenvalue weighted by molar-refractivity contribution is 0.208. The Hall–Kier alpha value is -1.02. The molecule has 15 heavy (non-hydrogen) atoms. The zero-order chi connectivity index (χ0) is 11.3. The normalized spacial score (nSPS) is 12.5. The fourth-order valence-corrected chi connectivity index (χ4v) is 1.66.